The van der Waals surface area contributed by atoms with Gasteiger partial charge in [-0.05, 0) is 44.2 Å². The summed E-state index contributed by atoms with van der Waals surface area (Å²) < 4.78 is 13.8. The van der Waals surface area contributed by atoms with E-state index in [0.29, 0.717) is 17.3 Å². The number of benzene rings is 1. The van der Waals surface area contributed by atoms with Crippen LogP contribution in [0.1, 0.15) is 48.5 Å². The zero-order chi connectivity index (χ0) is 14.0. The Morgan fingerprint density at radius 3 is 2.79 bits per heavy atom. The highest BCUT2D eigenvalue weighted by Crippen LogP contribution is 2.31. The smallest absolute Gasteiger partial charge is 0.248 e. The van der Waals surface area contributed by atoms with E-state index in [1.54, 1.807) is 13.0 Å². The summed E-state index contributed by atoms with van der Waals surface area (Å²) in [6, 6.07) is 3.22. The summed E-state index contributed by atoms with van der Waals surface area (Å²) in [5.74, 6) is -0.231. The van der Waals surface area contributed by atoms with Crippen LogP contribution in [0.2, 0.25) is 0 Å². The fourth-order valence-corrected chi connectivity index (χ4v) is 2.77. The van der Waals surface area contributed by atoms with Crippen LogP contribution in [0.5, 0.6) is 0 Å². The van der Waals surface area contributed by atoms with Gasteiger partial charge in [-0.3, -0.25) is 4.79 Å². The summed E-state index contributed by atoms with van der Waals surface area (Å²) in [7, 11) is 0. The van der Waals surface area contributed by atoms with Crippen LogP contribution >= 0.6 is 0 Å². The van der Waals surface area contributed by atoms with E-state index in [4.69, 9.17) is 5.73 Å². The third kappa shape index (κ3) is 3.06. The molecule has 19 heavy (non-hydrogen) atoms. The first-order valence-corrected chi connectivity index (χ1v) is 6.87. The maximum absolute atomic E-state index is 13.8. The van der Waals surface area contributed by atoms with Gasteiger partial charge in [-0.25, -0.2) is 4.39 Å². The Morgan fingerprint density at radius 1 is 1.47 bits per heavy atom. The van der Waals surface area contributed by atoms with Gasteiger partial charge in [0.25, 0.3) is 0 Å². The molecule has 1 aromatic rings. The third-order valence-corrected chi connectivity index (χ3v) is 4.11. The van der Waals surface area contributed by atoms with E-state index in [9.17, 15) is 9.18 Å². The van der Waals surface area contributed by atoms with E-state index < -0.39 is 5.91 Å². The zero-order valence-electron chi connectivity index (χ0n) is 11.5. The molecule has 4 heteroatoms. The van der Waals surface area contributed by atoms with E-state index in [0.717, 1.165) is 18.8 Å². The average Bonchev–Trinajstić information content (AvgIpc) is 2.82. The summed E-state index contributed by atoms with van der Waals surface area (Å²) in [5.41, 5.74) is 6.67. The molecule has 0 heterocycles. The molecule has 104 valence electrons. The number of nitrogens with two attached hydrogens (primary N) is 1. The molecule has 3 N–H and O–H groups in total. The largest absolute Gasteiger partial charge is 0.382 e. The second-order valence-electron chi connectivity index (χ2n) is 5.42. The van der Waals surface area contributed by atoms with Crippen LogP contribution in [0.15, 0.2) is 12.1 Å². The molecule has 1 aliphatic rings. The fourth-order valence-electron chi connectivity index (χ4n) is 2.77. The van der Waals surface area contributed by atoms with E-state index in [2.05, 4.69) is 12.2 Å². The molecule has 1 aromatic carbocycles. The van der Waals surface area contributed by atoms with Crippen LogP contribution in [-0.4, -0.2) is 11.9 Å². The predicted octanol–water partition coefficient (Wildman–Crippen LogP) is 3.22. The molecule has 0 spiro atoms. The van der Waals surface area contributed by atoms with Crippen molar-refractivity contribution in [3.63, 3.8) is 0 Å². The Morgan fingerprint density at radius 2 is 2.21 bits per heavy atom. The van der Waals surface area contributed by atoms with Gasteiger partial charge in [-0.15, -0.1) is 0 Å². The predicted molar refractivity (Wildman–Crippen MR) is 74.7 cm³/mol. The number of rotatable bonds is 4. The molecule has 2 rings (SSSR count). The van der Waals surface area contributed by atoms with Crippen molar-refractivity contribution in [1.29, 1.82) is 0 Å². The molecule has 3 nitrogen and oxygen atoms in total. The van der Waals surface area contributed by atoms with Crippen LogP contribution in [0.4, 0.5) is 10.1 Å². The lowest BCUT2D eigenvalue weighted by Gasteiger charge is -2.17. The van der Waals surface area contributed by atoms with Gasteiger partial charge in [0.15, 0.2) is 0 Å². The number of carbonyl (C=O) groups excluding carboxylic acids is 1. The topological polar surface area (TPSA) is 55.1 Å². The first-order valence-electron chi connectivity index (χ1n) is 6.87. The minimum atomic E-state index is -0.597. The van der Waals surface area contributed by atoms with Gasteiger partial charge in [0.05, 0.1) is 0 Å². The molecule has 0 aromatic heterocycles. The highest BCUT2D eigenvalue weighted by Gasteiger charge is 2.24. The van der Waals surface area contributed by atoms with Gasteiger partial charge < -0.3 is 11.1 Å². The molecule has 1 saturated carbocycles. The third-order valence-electron chi connectivity index (χ3n) is 4.11. The molecule has 0 bridgehead atoms. The summed E-state index contributed by atoms with van der Waals surface area (Å²) in [4.78, 5) is 11.2. The van der Waals surface area contributed by atoms with Gasteiger partial charge in [0, 0.05) is 22.9 Å². The molecular weight excluding hydrogens is 243 g/mol. The Balaban J connectivity index is 2.18. The number of nitrogens with one attached hydrogen (secondary N) is 1. The van der Waals surface area contributed by atoms with Gasteiger partial charge in [0.2, 0.25) is 5.91 Å². The molecule has 1 aliphatic carbocycles. The lowest BCUT2D eigenvalue weighted by atomic mass is 10.0. The minimum absolute atomic E-state index is 0.218. The highest BCUT2D eigenvalue weighted by molar-refractivity contribution is 5.94. The van der Waals surface area contributed by atoms with Crippen LogP contribution in [-0.2, 0) is 0 Å². The maximum atomic E-state index is 13.8. The van der Waals surface area contributed by atoms with Crippen molar-refractivity contribution in [2.45, 2.75) is 45.6 Å². The molecule has 1 amide bonds. The Bertz CT molecular complexity index is 487. The summed E-state index contributed by atoms with van der Waals surface area (Å²) in [6.07, 6.45) is 4.61. The van der Waals surface area contributed by atoms with E-state index >= 15 is 0 Å². The van der Waals surface area contributed by atoms with Crippen molar-refractivity contribution in [1.82, 2.24) is 0 Å². The van der Waals surface area contributed by atoms with E-state index in [-0.39, 0.29) is 11.4 Å². The molecule has 0 aliphatic heterocycles. The number of amides is 1. The molecule has 0 radical (unpaired) electrons. The van der Waals surface area contributed by atoms with Crippen molar-refractivity contribution >= 4 is 11.6 Å². The summed E-state index contributed by atoms with van der Waals surface area (Å²) in [5, 5.41) is 3.36. The van der Waals surface area contributed by atoms with Crippen molar-refractivity contribution in [2.24, 2.45) is 11.7 Å². The SMILES string of the molecule is CCC1CCC(Nc2cc(C(N)=O)cc(F)c2C)C1. The number of carbonyl (C=O) groups is 1. The number of halogens is 1. The average molecular weight is 264 g/mol. The second-order valence-corrected chi connectivity index (χ2v) is 5.42. The Labute approximate surface area is 113 Å². The lowest BCUT2D eigenvalue weighted by molar-refractivity contribution is 0.1000. The fraction of sp³-hybridized carbons (Fsp3) is 0.533. The zero-order valence-corrected chi connectivity index (χ0v) is 11.5. The highest BCUT2D eigenvalue weighted by atomic mass is 19.1. The molecule has 0 saturated heterocycles. The van der Waals surface area contributed by atoms with Gasteiger partial charge in [0.1, 0.15) is 5.82 Å². The first kappa shape index (κ1) is 13.8. The van der Waals surface area contributed by atoms with Gasteiger partial charge in [-0.1, -0.05) is 13.3 Å². The summed E-state index contributed by atoms with van der Waals surface area (Å²) >= 11 is 0. The first-order chi connectivity index (χ1) is 9.01. The standard InChI is InChI=1S/C15H21FN2O/c1-3-10-4-5-12(6-10)18-14-8-11(15(17)19)7-13(16)9(14)2/h7-8,10,12,18H,3-6H2,1-2H3,(H2,17,19). The number of anilines is 1. The van der Waals surface area contributed by atoms with E-state index in [1.807, 2.05) is 0 Å². The lowest BCUT2D eigenvalue weighted by Crippen LogP contribution is -2.18. The van der Waals surface area contributed by atoms with Crippen molar-refractivity contribution < 1.29 is 9.18 Å². The van der Waals surface area contributed by atoms with E-state index in [1.165, 1.54) is 18.9 Å². The van der Waals surface area contributed by atoms with Gasteiger partial charge in [-0.2, -0.15) is 0 Å². The minimum Gasteiger partial charge on any atom is -0.382 e. The molecule has 2 atom stereocenters. The normalized spacial score (nSPS) is 22.5. The maximum Gasteiger partial charge on any atom is 0.248 e. The quantitative estimate of drug-likeness (QED) is 0.877. The van der Waals surface area contributed by atoms with Crippen molar-refractivity contribution in [3.8, 4) is 0 Å². The van der Waals surface area contributed by atoms with Crippen LogP contribution in [0.3, 0.4) is 0 Å². The van der Waals surface area contributed by atoms with Crippen LogP contribution in [0.25, 0.3) is 0 Å². The molecule has 2 unspecified atom stereocenters. The number of hydrogen-bond acceptors (Lipinski definition) is 2. The van der Waals surface area contributed by atoms with Crippen LogP contribution in [0, 0.1) is 18.7 Å². The van der Waals surface area contributed by atoms with Crippen LogP contribution < -0.4 is 11.1 Å². The monoisotopic (exact) mass is 264 g/mol. The summed E-state index contributed by atoms with van der Waals surface area (Å²) in [6.45, 7) is 3.92. The Hall–Kier alpha value is -1.58. The Kier molecular flexibility index (Phi) is 4.08. The van der Waals surface area contributed by atoms with Crippen molar-refractivity contribution in [3.05, 3.63) is 29.1 Å². The number of primary amides is 1. The molecular formula is C15H21FN2O. The van der Waals surface area contributed by atoms with Gasteiger partial charge >= 0.3 is 0 Å². The van der Waals surface area contributed by atoms with Crippen molar-refractivity contribution in [2.75, 3.05) is 5.32 Å². The number of hydrogen-bond donors (Lipinski definition) is 2. The molecule has 1 fully saturated rings. The second kappa shape index (κ2) is 5.59.